The van der Waals surface area contributed by atoms with Gasteiger partial charge in [0.15, 0.2) is 0 Å². The van der Waals surface area contributed by atoms with Gasteiger partial charge in [0, 0.05) is 27.6 Å². The predicted molar refractivity (Wildman–Crippen MR) is 147 cm³/mol. The molecular formula is C29H31BrN2O5. The highest BCUT2D eigenvalue weighted by Crippen LogP contribution is 2.38. The smallest absolute Gasteiger partial charge is 0.210 e. The molecule has 1 aliphatic heterocycles. The van der Waals surface area contributed by atoms with Crippen molar-refractivity contribution >= 4 is 33.2 Å². The molecule has 7 nitrogen and oxygen atoms in total. The molecule has 2 unspecified atom stereocenters. The van der Waals surface area contributed by atoms with E-state index in [2.05, 4.69) is 33.9 Å². The highest BCUT2D eigenvalue weighted by atomic mass is 79.9. The summed E-state index contributed by atoms with van der Waals surface area (Å²) >= 11 is 3.54. The van der Waals surface area contributed by atoms with E-state index in [1.54, 1.807) is 12.0 Å². The zero-order valence-corrected chi connectivity index (χ0v) is 22.4. The summed E-state index contributed by atoms with van der Waals surface area (Å²) in [6, 6.07) is 21.4. The normalized spacial score (nSPS) is 15.4. The Hall–Kier alpha value is -3.33. The fourth-order valence-corrected chi connectivity index (χ4v) is 4.78. The molecule has 37 heavy (non-hydrogen) atoms. The summed E-state index contributed by atoms with van der Waals surface area (Å²) in [6.45, 7) is 2.40. The Balaban J connectivity index is 0.000000301. The van der Waals surface area contributed by atoms with Crippen molar-refractivity contribution < 1.29 is 24.5 Å². The average molecular weight is 567 g/mol. The van der Waals surface area contributed by atoms with Crippen LogP contribution in [-0.2, 0) is 11.2 Å². The van der Waals surface area contributed by atoms with Gasteiger partial charge in [-0.15, -0.1) is 0 Å². The Morgan fingerprint density at radius 2 is 1.81 bits per heavy atom. The zero-order valence-electron chi connectivity index (χ0n) is 20.9. The minimum Gasteiger partial charge on any atom is -0.497 e. The molecule has 3 aromatic carbocycles. The van der Waals surface area contributed by atoms with Gasteiger partial charge in [0.05, 0.1) is 19.8 Å². The number of aryl methyl sites for hydroxylation is 1. The maximum atomic E-state index is 11.7. The molecule has 4 aromatic rings. The molecule has 1 aliphatic rings. The topological polar surface area (TPSA) is 95.0 Å². The van der Waals surface area contributed by atoms with Gasteiger partial charge in [-0.3, -0.25) is 4.79 Å². The molecule has 1 aromatic heterocycles. The number of H-pyrrole nitrogens is 1. The van der Waals surface area contributed by atoms with Crippen LogP contribution in [-0.4, -0.2) is 59.5 Å². The Kier molecular flexibility index (Phi) is 8.87. The molecule has 0 saturated carbocycles. The number of carbonyl (C=O) groups excluding carboxylic acids is 1. The first-order valence-electron chi connectivity index (χ1n) is 12.1. The summed E-state index contributed by atoms with van der Waals surface area (Å²) in [5.41, 5.74) is 5.58. The lowest BCUT2D eigenvalue weighted by Crippen LogP contribution is -2.34. The molecule has 0 radical (unpaired) electrons. The van der Waals surface area contributed by atoms with Crippen LogP contribution in [0.3, 0.4) is 0 Å². The number of carbonyl (C=O) groups is 1. The second kappa shape index (κ2) is 12.3. The molecule has 5 rings (SSSR count). The van der Waals surface area contributed by atoms with Gasteiger partial charge >= 0.3 is 0 Å². The first-order valence-corrected chi connectivity index (χ1v) is 12.9. The summed E-state index contributed by atoms with van der Waals surface area (Å²) in [4.78, 5) is 17.0. The number of hydrogen-bond acceptors (Lipinski definition) is 5. The van der Waals surface area contributed by atoms with E-state index in [1.165, 1.54) is 16.5 Å². The Bertz CT molecular complexity index is 1320. The van der Waals surface area contributed by atoms with Crippen LogP contribution in [0, 0.1) is 6.92 Å². The summed E-state index contributed by atoms with van der Waals surface area (Å²) in [5.74, 6) is 1.52. The van der Waals surface area contributed by atoms with E-state index < -0.39 is 6.10 Å². The molecule has 2 atom stereocenters. The number of hydrogen-bond donors (Lipinski definition) is 3. The molecule has 0 fully saturated rings. The number of nitrogens with zero attached hydrogens (tertiary/aromatic N) is 1. The van der Waals surface area contributed by atoms with Crippen LogP contribution < -0.4 is 9.47 Å². The Labute approximate surface area is 224 Å². The summed E-state index contributed by atoms with van der Waals surface area (Å²) in [6.07, 6.45) is 0.801. The molecular weight excluding hydrogens is 536 g/mol. The van der Waals surface area contributed by atoms with Crippen molar-refractivity contribution in [3.05, 3.63) is 93.6 Å². The number of aliphatic hydroxyl groups excluding tert-OH is 2. The second-order valence-corrected chi connectivity index (χ2v) is 9.85. The number of fused-ring (bicyclic) bond motifs is 3. The van der Waals surface area contributed by atoms with Gasteiger partial charge in [-0.05, 0) is 66.9 Å². The number of aromatic amines is 1. The number of methoxy groups -OCH3 is 1. The first kappa shape index (κ1) is 26.7. The highest BCUT2D eigenvalue weighted by Gasteiger charge is 2.31. The molecule has 0 aliphatic carbocycles. The van der Waals surface area contributed by atoms with Crippen LogP contribution in [0.5, 0.6) is 11.5 Å². The van der Waals surface area contributed by atoms with E-state index >= 15 is 0 Å². The number of amides is 1. The van der Waals surface area contributed by atoms with Gasteiger partial charge in [-0.1, -0.05) is 45.8 Å². The largest absolute Gasteiger partial charge is 0.497 e. The van der Waals surface area contributed by atoms with Gasteiger partial charge in [0.25, 0.3) is 0 Å². The number of benzene rings is 3. The van der Waals surface area contributed by atoms with Crippen molar-refractivity contribution in [2.24, 2.45) is 0 Å². The van der Waals surface area contributed by atoms with Crippen molar-refractivity contribution in [2.75, 3.05) is 26.9 Å². The quantitative estimate of drug-likeness (QED) is 0.280. The third-order valence-electron chi connectivity index (χ3n) is 6.37. The third-order valence-corrected chi connectivity index (χ3v) is 6.86. The van der Waals surface area contributed by atoms with Gasteiger partial charge in [-0.25, -0.2) is 0 Å². The number of nitrogens with one attached hydrogen (secondary N) is 1. The molecule has 2 heterocycles. The number of halogens is 1. The van der Waals surface area contributed by atoms with Crippen molar-refractivity contribution in [3.8, 4) is 11.5 Å². The average Bonchev–Trinajstić information content (AvgIpc) is 3.30. The standard InChI is InChI=1S/C21H21BrN2O4.C8H10O/c22-14-3-6-19-18(9-14)17-7-8-24(12-26)21(20(17)23-19)13-1-4-16(5-2-13)28-11-15(27)10-25;1-7-3-5-8(9-2)6-4-7/h1-6,9,12,15,21,23,25,27H,7-8,10-11H2;3-6H,1-2H3. The maximum Gasteiger partial charge on any atom is 0.210 e. The lowest BCUT2D eigenvalue weighted by molar-refractivity contribution is -0.120. The van der Waals surface area contributed by atoms with Gasteiger partial charge in [0.1, 0.15) is 24.2 Å². The molecule has 0 spiro atoms. The number of aliphatic hydroxyl groups is 2. The van der Waals surface area contributed by atoms with Crippen LogP contribution >= 0.6 is 15.9 Å². The van der Waals surface area contributed by atoms with Crippen molar-refractivity contribution in [2.45, 2.75) is 25.5 Å². The summed E-state index contributed by atoms with van der Waals surface area (Å²) in [7, 11) is 1.67. The van der Waals surface area contributed by atoms with Crippen LogP contribution in [0.2, 0.25) is 0 Å². The second-order valence-electron chi connectivity index (χ2n) is 8.94. The maximum absolute atomic E-state index is 11.7. The van der Waals surface area contributed by atoms with Crippen LogP contribution in [0.15, 0.2) is 71.2 Å². The van der Waals surface area contributed by atoms with E-state index in [1.807, 2.05) is 60.7 Å². The number of aromatic nitrogens is 1. The molecule has 194 valence electrons. The van der Waals surface area contributed by atoms with Crippen molar-refractivity contribution in [1.29, 1.82) is 0 Å². The van der Waals surface area contributed by atoms with E-state index in [-0.39, 0.29) is 19.3 Å². The van der Waals surface area contributed by atoms with Crippen LogP contribution in [0.4, 0.5) is 0 Å². The van der Waals surface area contributed by atoms with E-state index in [0.29, 0.717) is 12.3 Å². The van der Waals surface area contributed by atoms with E-state index in [9.17, 15) is 9.90 Å². The minimum absolute atomic E-state index is 0.0286. The summed E-state index contributed by atoms with van der Waals surface area (Å²) in [5, 5.41) is 19.5. The monoisotopic (exact) mass is 566 g/mol. The molecule has 3 N–H and O–H groups in total. The van der Waals surface area contributed by atoms with Crippen molar-refractivity contribution in [1.82, 2.24) is 9.88 Å². The van der Waals surface area contributed by atoms with Gasteiger partial charge in [-0.2, -0.15) is 0 Å². The van der Waals surface area contributed by atoms with Crippen molar-refractivity contribution in [3.63, 3.8) is 0 Å². The fraction of sp³-hybridized carbons (Fsp3) is 0.276. The highest BCUT2D eigenvalue weighted by molar-refractivity contribution is 9.10. The fourth-order valence-electron chi connectivity index (χ4n) is 4.42. The van der Waals surface area contributed by atoms with E-state index in [0.717, 1.165) is 39.8 Å². The molecule has 0 saturated heterocycles. The molecule has 0 bridgehead atoms. The van der Waals surface area contributed by atoms with Gasteiger partial charge in [0.2, 0.25) is 6.41 Å². The lowest BCUT2D eigenvalue weighted by Gasteiger charge is -2.33. The number of ether oxygens (including phenoxy) is 2. The SMILES string of the molecule is COc1ccc(C)cc1.O=CN1CCc2c([nH]c3ccc(Br)cc23)C1c1ccc(OCC(O)CO)cc1. The van der Waals surface area contributed by atoms with Crippen LogP contribution in [0.1, 0.15) is 28.4 Å². The molecule has 8 heteroatoms. The number of rotatable bonds is 7. The first-order chi connectivity index (χ1) is 17.9. The Morgan fingerprint density at radius 3 is 2.46 bits per heavy atom. The van der Waals surface area contributed by atoms with E-state index in [4.69, 9.17) is 14.6 Å². The Morgan fingerprint density at radius 1 is 1.11 bits per heavy atom. The van der Waals surface area contributed by atoms with Gasteiger partial charge < -0.3 is 29.6 Å². The summed E-state index contributed by atoms with van der Waals surface area (Å²) < 4.78 is 11.5. The van der Waals surface area contributed by atoms with Crippen LogP contribution in [0.25, 0.3) is 10.9 Å². The zero-order chi connectivity index (χ0) is 26.4. The minimum atomic E-state index is -0.906. The molecule has 1 amide bonds. The predicted octanol–water partition coefficient (Wildman–Crippen LogP) is 4.77. The third kappa shape index (κ3) is 6.33. The lowest BCUT2D eigenvalue weighted by atomic mass is 9.93.